The first-order valence-corrected chi connectivity index (χ1v) is 11.2. The summed E-state index contributed by atoms with van der Waals surface area (Å²) in [6.07, 6.45) is 12.9. The van der Waals surface area contributed by atoms with Gasteiger partial charge in [-0.3, -0.25) is 9.98 Å². The van der Waals surface area contributed by atoms with Crippen molar-refractivity contribution in [2.75, 3.05) is 39.2 Å². The maximum Gasteiger partial charge on any atom is 0.227 e. The molecule has 170 valence electrons. The molecule has 4 rings (SSSR count). The number of ether oxygens (including phenoxy) is 1. The van der Waals surface area contributed by atoms with Crippen molar-refractivity contribution in [3.05, 3.63) is 48.0 Å². The summed E-state index contributed by atoms with van der Waals surface area (Å²) in [5.74, 6) is -0.0509. The van der Waals surface area contributed by atoms with Gasteiger partial charge in [0.2, 0.25) is 11.7 Å². The number of aliphatic imine (C=N–C) groups is 2. The van der Waals surface area contributed by atoms with Crippen molar-refractivity contribution in [1.82, 2.24) is 14.9 Å². The second-order valence-corrected chi connectivity index (χ2v) is 8.41. The van der Waals surface area contributed by atoms with Gasteiger partial charge in [-0.15, -0.1) is 0 Å². The lowest BCUT2D eigenvalue weighted by molar-refractivity contribution is -0.0708. The van der Waals surface area contributed by atoms with Crippen molar-refractivity contribution in [3.8, 4) is 0 Å². The lowest BCUT2D eigenvalue weighted by Gasteiger charge is -2.42. The van der Waals surface area contributed by atoms with Gasteiger partial charge in [0, 0.05) is 69.2 Å². The van der Waals surface area contributed by atoms with Gasteiger partial charge >= 0.3 is 0 Å². The number of piperidine rings is 1. The Morgan fingerprint density at radius 3 is 3.03 bits per heavy atom. The number of aromatic nitrogens is 2. The van der Waals surface area contributed by atoms with Gasteiger partial charge < -0.3 is 15.0 Å². The summed E-state index contributed by atoms with van der Waals surface area (Å²) >= 11 is 0. The smallest absolute Gasteiger partial charge is 0.227 e. The lowest BCUT2D eigenvalue weighted by Crippen LogP contribution is -2.54. The molecule has 1 aromatic rings. The average molecular weight is 439 g/mol. The molecule has 0 radical (unpaired) electrons. The van der Waals surface area contributed by atoms with Gasteiger partial charge in [0.15, 0.2) is 0 Å². The molecule has 0 saturated carbocycles. The highest BCUT2D eigenvalue weighted by Gasteiger charge is 2.40. The van der Waals surface area contributed by atoms with Gasteiger partial charge in [0.1, 0.15) is 5.84 Å². The van der Waals surface area contributed by atoms with Crippen LogP contribution in [0.1, 0.15) is 38.3 Å². The molecule has 2 aliphatic heterocycles. The number of hydrogen-bond acceptors (Lipinski definition) is 7. The van der Waals surface area contributed by atoms with Crippen LogP contribution in [0.3, 0.4) is 0 Å². The summed E-state index contributed by atoms with van der Waals surface area (Å²) in [7, 11) is 3.35. The topological polar surface area (TPSA) is 75.0 Å². The van der Waals surface area contributed by atoms with Gasteiger partial charge in [-0.05, 0) is 31.1 Å². The van der Waals surface area contributed by atoms with Crippen molar-refractivity contribution < 1.29 is 9.13 Å². The predicted octanol–water partition coefficient (Wildman–Crippen LogP) is 4.03. The number of nitrogens with one attached hydrogen (secondary N) is 1. The average Bonchev–Trinajstić information content (AvgIpc) is 2.80. The molecule has 1 aliphatic carbocycles. The molecule has 0 spiro atoms. The largest absolute Gasteiger partial charge is 0.379 e. The normalized spacial score (nSPS) is 27.1. The molecule has 7 nitrogen and oxygen atoms in total. The summed E-state index contributed by atoms with van der Waals surface area (Å²) in [4.78, 5) is 19.8. The van der Waals surface area contributed by atoms with E-state index >= 15 is 4.39 Å². The third-order valence-electron chi connectivity index (χ3n) is 6.09. The van der Waals surface area contributed by atoms with Crippen LogP contribution >= 0.6 is 0 Å². The first-order chi connectivity index (χ1) is 15.5. The number of anilines is 1. The molecule has 8 heteroatoms. The molecular formula is C24H31FN6O. The Kier molecular flexibility index (Phi) is 6.79. The van der Waals surface area contributed by atoms with Gasteiger partial charge in [-0.25, -0.2) is 14.4 Å². The van der Waals surface area contributed by atoms with Crippen LogP contribution in [0, 0.1) is 5.92 Å². The number of methoxy groups -OCH3 is 1. The zero-order valence-electron chi connectivity index (χ0n) is 19.0. The van der Waals surface area contributed by atoms with Crippen molar-refractivity contribution in [3.63, 3.8) is 0 Å². The number of amidine groups is 1. The van der Waals surface area contributed by atoms with E-state index in [9.17, 15) is 0 Å². The first kappa shape index (κ1) is 22.3. The Bertz CT molecular complexity index is 994. The van der Waals surface area contributed by atoms with Crippen LogP contribution in [-0.4, -0.2) is 66.1 Å². The van der Waals surface area contributed by atoms with Crippen LogP contribution in [0.5, 0.6) is 0 Å². The summed E-state index contributed by atoms with van der Waals surface area (Å²) in [6.45, 7) is 3.39. The number of alkyl halides is 1. The molecule has 0 bridgehead atoms. The van der Waals surface area contributed by atoms with E-state index in [2.05, 4.69) is 45.4 Å². The van der Waals surface area contributed by atoms with Crippen LogP contribution in [0.25, 0.3) is 5.57 Å². The first-order valence-electron chi connectivity index (χ1n) is 11.2. The molecule has 1 saturated heterocycles. The molecule has 1 N–H and O–H groups in total. The van der Waals surface area contributed by atoms with Crippen LogP contribution in [-0.2, 0) is 4.74 Å². The number of halogens is 1. The molecule has 3 aliphatic rings. The van der Waals surface area contributed by atoms with E-state index < -0.39 is 5.79 Å². The number of likely N-dealkylation sites (tertiary alicyclic amines) is 1. The third kappa shape index (κ3) is 4.80. The fraction of sp³-hybridized carbons (Fsp3) is 0.500. The third-order valence-corrected chi connectivity index (χ3v) is 6.09. The summed E-state index contributed by atoms with van der Waals surface area (Å²) < 4.78 is 20.7. The van der Waals surface area contributed by atoms with Gasteiger partial charge in [-0.2, -0.15) is 0 Å². The monoisotopic (exact) mass is 438 g/mol. The Morgan fingerprint density at radius 1 is 1.34 bits per heavy atom. The van der Waals surface area contributed by atoms with Crippen LogP contribution in [0.2, 0.25) is 0 Å². The highest BCUT2D eigenvalue weighted by Crippen LogP contribution is 2.32. The lowest BCUT2D eigenvalue weighted by atomic mass is 9.94. The zero-order valence-corrected chi connectivity index (χ0v) is 19.0. The molecule has 0 amide bonds. The second kappa shape index (κ2) is 9.73. The van der Waals surface area contributed by atoms with Crippen molar-refractivity contribution in [1.29, 1.82) is 0 Å². The van der Waals surface area contributed by atoms with Gasteiger partial charge in [0.25, 0.3) is 0 Å². The molecule has 2 atom stereocenters. The summed E-state index contributed by atoms with van der Waals surface area (Å²) in [5.41, 5.74) is 3.79. The minimum Gasteiger partial charge on any atom is -0.379 e. The molecular weight excluding hydrogens is 407 g/mol. The van der Waals surface area contributed by atoms with E-state index in [-0.39, 0.29) is 6.61 Å². The highest BCUT2D eigenvalue weighted by molar-refractivity contribution is 6.06. The fourth-order valence-corrected chi connectivity index (χ4v) is 4.35. The molecule has 32 heavy (non-hydrogen) atoms. The Hall–Kier alpha value is -2.87. The van der Waals surface area contributed by atoms with Crippen LogP contribution < -0.4 is 5.32 Å². The minimum absolute atomic E-state index is 0.0398. The maximum absolute atomic E-state index is 15.5. The zero-order chi connectivity index (χ0) is 22.6. The molecule has 3 heterocycles. The SMILES string of the molecule is CN=C1C=C(c2ccnc(NC3=CC(N4CCCCC4(F)COC)=NCC3)n2)C=CC1C. The van der Waals surface area contributed by atoms with E-state index in [0.717, 1.165) is 41.9 Å². The van der Waals surface area contributed by atoms with E-state index in [0.29, 0.717) is 37.2 Å². The molecule has 1 fully saturated rings. The summed E-state index contributed by atoms with van der Waals surface area (Å²) in [5, 5.41) is 3.32. The maximum atomic E-state index is 15.5. The van der Waals surface area contributed by atoms with E-state index in [4.69, 9.17) is 9.72 Å². The number of allylic oxidation sites excluding steroid dienone is 4. The molecule has 2 unspecified atom stereocenters. The Balaban J connectivity index is 1.52. The quantitative estimate of drug-likeness (QED) is 0.703. The number of hydrogen-bond donors (Lipinski definition) is 1. The number of dihydropyridines is 1. The van der Waals surface area contributed by atoms with Crippen molar-refractivity contribution in [2.24, 2.45) is 15.9 Å². The minimum atomic E-state index is -1.52. The van der Waals surface area contributed by atoms with Crippen LogP contribution in [0.4, 0.5) is 10.3 Å². The van der Waals surface area contributed by atoms with Gasteiger partial charge in [0.05, 0.1) is 12.3 Å². The fourth-order valence-electron chi connectivity index (χ4n) is 4.35. The van der Waals surface area contributed by atoms with E-state index in [1.807, 2.05) is 19.2 Å². The Labute approximate surface area is 188 Å². The Morgan fingerprint density at radius 2 is 2.22 bits per heavy atom. The molecule has 0 aromatic carbocycles. The van der Waals surface area contributed by atoms with E-state index in [1.165, 1.54) is 7.11 Å². The van der Waals surface area contributed by atoms with Gasteiger partial charge in [-0.1, -0.05) is 19.1 Å². The van der Waals surface area contributed by atoms with Crippen LogP contribution in [0.15, 0.2) is 52.2 Å². The number of rotatable bonds is 5. The molecule has 1 aromatic heterocycles. The standard InChI is InChI=1S/C24H31FN6O/c1-17-6-7-18(14-21(17)26-2)20-9-12-28-23(30-20)29-19-8-11-27-22(15-19)31-13-5-4-10-24(31,25)16-32-3/h6-7,9,12,14-15,17H,4-5,8,10-11,13,16H2,1-3H3,(H,28,29,30). The highest BCUT2D eigenvalue weighted by atomic mass is 19.1. The van der Waals surface area contributed by atoms with Crippen molar-refractivity contribution in [2.45, 2.75) is 38.4 Å². The second-order valence-electron chi connectivity index (χ2n) is 8.41. The van der Waals surface area contributed by atoms with Crippen molar-refractivity contribution >= 4 is 23.1 Å². The number of nitrogens with zero attached hydrogens (tertiary/aromatic N) is 5. The van der Waals surface area contributed by atoms with E-state index in [1.54, 1.807) is 11.1 Å². The predicted molar refractivity (Wildman–Crippen MR) is 127 cm³/mol. The summed E-state index contributed by atoms with van der Waals surface area (Å²) in [6, 6.07) is 1.89.